The van der Waals surface area contributed by atoms with E-state index in [0.717, 1.165) is 6.07 Å². The fourth-order valence-electron chi connectivity index (χ4n) is 12.8. The molecular weight excluding hydrogens is 1380 g/mol. The van der Waals surface area contributed by atoms with Crippen LogP contribution < -0.4 is 63.6 Å². The Labute approximate surface area is 606 Å². The van der Waals surface area contributed by atoms with Gasteiger partial charge in [0.2, 0.25) is 70.9 Å². The van der Waals surface area contributed by atoms with Crippen molar-refractivity contribution in [2.75, 3.05) is 20.2 Å². The normalized spacial score (nSPS) is 23.1. The van der Waals surface area contributed by atoms with Crippen molar-refractivity contribution in [1.29, 1.82) is 0 Å². The molecule has 0 aliphatic carbocycles. The number of carboxylic acid groups (broad SMARTS) is 1. The lowest BCUT2D eigenvalue weighted by Crippen LogP contribution is -2.63. The van der Waals surface area contributed by atoms with Crippen molar-refractivity contribution in [1.82, 2.24) is 78.0 Å². The number of rotatable bonds is 13. The minimum Gasteiger partial charge on any atom is -0.497 e. The summed E-state index contributed by atoms with van der Waals surface area (Å²) in [7, 11) is 1.44. The highest BCUT2D eigenvalue weighted by atomic mass is 19.1. The third-order valence-corrected chi connectivity index (χ3v) is 18.7. The number of nitrogens with two attached hydrogens (primary N) is 1. The summed E-state index contributed by atoms with van der Waals surface area (Å²) < 4.78 is 35.3. The number of aromatic amines is 3. The zero-order valence-corrected chi connectivity index (χ0v) is 58.7. The summed E-state index contributed by atoms with van der Waals surface area (Å²) in [6.45, 7) is 4.17. The Hall–Kier alpha value is -12.1. The number of aromatic nitrogens is 4. The van der Waals surface area contributed by atoms with E-state index in [4.69, 9.17) is 10.5 Å². The van der Waals surface area contributed by atoms with Crippen LogP contribution in [-0.2, 0) is 101 Å². The van der Waals surface area contributed by atoms with E-state index in [0.29, 0.717) is 51.7 Å². The molecular formula is C73H86F2N16O15. The first-order chi connectivity index (χ1) is 50.6. The van der Waals surface area contributed by atoms with E-state index in [-0.39, 0.29) is 92.7 Å². The number of imidazole rings is 1. The molecule has 33 heteroatoms. The molecule has 0 spiro atoms. The SMILES string of the molecule is COc1ccc(C[C@@H]2NC(=O)[C@H](Cc3cnc[nH]3)NC(=O)C(CC(=O)O)NC(=O)[C@H](Cc3c[nH]c4ccc(F)cc34)NC(=O)[C@H](Cc3c[nH]c4ccc(F)cc34)NC(=O)[C@@H](C)NC(=O)[C@H](NC(C)=O)CCCCNC(=O)Cc3ccc(cc3)CNC(=O)CC[C@@H](C(N)=O)NC(=O)[C@]3(C)CCCN3C2=O)cc1. The molecule has 10 rings (SSSR count). The quantitative estimate of drug-likeness (QED) is 0.0720. The third-order valence-electron chi connectivity index (χ3n) is 18.7. The van der Waals surface area contributed by atoms with Gasteiger partial charge in [0.25, 0.3) is 0 Å². The number of carbonyl (C=O) groups excluding carboxylic acids is 12. The Morgan fingerprint density at radius 2 is 1.22 bits per heavy atom. The lowest BCUT2D eigenvalue weighted by molar-refractivity contribution is -0.147. The van der Waals surface area contributed by atoms with Crippen molar-refractivity contribution in [3.63, 3.8) is 0 Å². The minimum atomic E-state index is -2.07. The topological polar surface area (TPSA) is 461 Å². The smallest absolute Gasteiger partial charge is 0.305 e. The number of halogens is 2. The van der Waals surface area contributed by atoms with Crippen molar-refractivity contribution in [3.05, 3.63) is 155 Å². The van der Waals surface area contributed by atoms with Crippen LogP contribution in [0, 0.1) is 11.6 Å². The molecule has 562 valence electrons. The van der Waals surface area contributed by atoms with Gasteiger partial charge in [-0.1, -0.05) is 36.4 Å². The van der Waals surface area contributed by atoms with Crippen LogP contribution in [0.25, 0.3) is 21.8 Å². The number of nitrogens with zero attached hydrogens (tertiary/aromatic N) is 2. The zero-order chi connectivity index (χ0) is 76.4. The molecule has 31 nitrogen and oxygen atoms in total. The van der Waals surface area contributed by atoms with Gasteiger partial charge in [-0.25, -0.2) is 13.8 Å². The molecule has 16 N–H and O–H groups in total. The van der Waals surface area contributed by atoms with Gasteiger partial charge in [-0.2, -0.15) is 0 Å². The van der Waals surface area contributed by atoms with Crippen LogP contribution in [-0.4, -0.2) is 181 Å². The molecule has 1 fully saturated rings. The monoisotopic (exact) mass is 1460 g/mol. The van der Waals surface area contributed by atoms with Crippen LogP contribution in [0.5, 0.6) is 5.75 Å². The average molecular weight is 1470 g/mol. The van der Waals surface area contributed by atoms with Crippen LogP contribution in [0.15, 0.2) is 110 Å². The average Bonchev–Trinajstić information content (AvgIpc) is 1.60. The maximum atomic E-state index is 15.3. The molecule has 0 saturated carbocycles. The predicted octanol–water partition coefficient (Wildman–Crippen LogP) is 1.13. The zero-order valence-electron chi connectivity index (χ0n) is 58.7. The van der Waals surface area contributed by atoms with Crippen LogP contribution >= 0.6 is 0 Å². The third kappa shape index (κ3) is 21.1. The van der Waals surface area contributed by atoms with Gasteiger partial charge < -0.3 is 88.6 Å². The number of methoxy groups -OCH3 is 1. The number of aliphatic carboxylic acids is 1. The number of hydrogen-bond donors (Lipinski definition) is 15. The van der Waals surface area contributed by atoms with Gasteiger partial charge in [0.1, 0.15) is 71.3 Å². The second-order valence-corrected chi connectivity index (χ2v) is 26.6. The van der Waals surface area contributed by atoms with Crippen LogP contribution in [0.1, 0.15) is 106 Å². The molecule has 1 saturated heterocycles. The van der Waals surface area contributed by atoms with Gasteiger partial charge in [0, 0.05) is 105 Å². The van der Waals surface area contributed by atoms with E-state index in [1.165, 1.54) is 88.0 Å². The standard InChI is InChI=1S/C73H86F2N16O15/c1-39-65(98)85-56(28-44-35-79-52-19-15-46(74)30-50(44)52)67(100)86-57(29-45-36-80-53-20-16-47(75)31-51(45)53)68(101)88-59(33-63(95)96)70(103)87-58(32-48-37-77-38-82-48)69(102)89-60(26-41-13-17-49(106-4)18-14-41)71(104)91-25-7-23-73(91,3)72(105)90-54(64(76)97)21-22-61(93)81-34-43-11-9-42(10-12-43)27-62(94)78-24-6-5-8-55(66(99)83-39)84-40(2)92/h9-20,30-31,35-39,54-60,79-80H,5-8,21-29,32-34H2,1-4H3,(H2,76,97)(H,77,82)(H,78,94)(H,81,93)(H,83,99)(H,84,92)(H,85,98)(H,86,100)(H,87,103)(H,88,101)(H,89,102)(H,90,105)(H,95,96)/t39-,54+,55-,56+,57+,58+,59?,60+,73+/m1/s1. The van der Waals surface area contributed by atoms with Gasteiger partial charge in [-0.15, -0.1) is 0 Å². The Kier molecular flexibility index (Phi) is 26.4. The van der Waals surface area contributed by atoms with E-state index in [1.807, 2.05) is 0 Å². The molecule has 106 heavy (non-hydrogen) atoms. The highest BCUT2D eigenvalue weighted by Gasteiger charge is 2.49. The molecule has 3 aromatic heterocycles. The largest absolute Gasteiger partial charge is 0.497 e. The molecule has 3 aliphatic rings. The Morgan fingerprint density at radius 3 is 1.79 bits per heavy atom. The molecule has 3 aliphatic heterocycles. The van der Waals surface area contributed by atoms with Crippen LogP contribution in [0.3, 0.4) is 0 Å². The fourth-order valence-corrected chi connectivity index (χ4v) is 12.8. The van der Waals surface area contributed by atoms with E-state index in [9.17, 15) is 52.6 Å². The van der Waals surface area contributed by atoms with Crippen molar-refractivity contribution in [2.45, 2.75) is 165 Å². The van der Waals surface area contributed by atoms with Gasteiger partial charge in [0.05, 0.1) is 26.3 Å². The Balaban J connectivity index is 1.05. The van der Waals surface area contributed by atoms with Gasteiger partial charge in [-0.05, 0) is 129 Å². The highest BCUT2D eigenvalue weighted by molar-refractivity contribution is 6.01. The molecule has 9 atom stereocenters. The number of carbonyl (C=O) groups is 13. The summed E-state index contributed by atoms with van der Waals surface area (Å²) >= 11 is 0. The summed E-state index contributed by atoms with van der Waals surface area (Å²) in [6, 6.07) is 8.01. The van der Waals surface area contributed by atoms with Crippen LogP contribution in [0.4, 0.5) is 8.78 Å². The maximum absolute atomic E-state index is 15.3. The lowest BCUT2D eigenvalue weighted by Gasteiger charge is -2.37. The van der Waals surface area contributed by atoms with E-state index < -0.39 is 162 Å². The van der Waals surface area contributed by atoms with Crippen molar-refractivity contribution in [2.24, 2.45) is 5.73 Å². The summed E-state index contributed by atoms with van der Waals surface area (Å²) in [5, 5.41) is 37.2. The van der Waals surface area contributed by atoms with Gasteiger partial charge in [-0.3, -0.25) is 62.3 Å². The Morgan fingerprint density at radius 1 is 0.642 bits per heavy atom. The number of ether oxygens (including phenoxy) is 1. The molecule has 0 radical (unpaired) electrons. The molecule has 1 unspecified atom stereocenters. The minimum absolute atomic E-state index is 0.00968. The number of amides is 12. The van der Waals surface area contributed by atoms with Crippen molar-refractivity contribution in [3.8, 4) is 5.75 Å². The maximum Gasteiger partial charge on any atom is 0.305 e. The Bertz CT molecular complexity index is 4400. The van der Waals surface area contributed by atoms with Crippen molar-refractivity contribution < 1.29 is 81.0 Å². The molecule has 4 aromatic carbocycles. The summed E-state index contributed by atoms with van der Waals surface area (Å²) in [6.07, 6.45) is 3.30. The number of benzene rings is 4. The van der Waals surface area contributed by atoms with E-state index in [1.54, 1.807) is 48.5 Å². The molecule has 6 heterocycles. The summed E-state index contributed by atoms with van der Waals surface area (Å²) in [4.78, 5) is 197. The van der Waals surface area contributed by atoms with E-state index >= 15 is 23.6 Å². The second kappa shape index (κ2) is 35.9. The number of hydrogen-bond acceptors (Lipinski definition) is 15. The summed E-state index contributed by atoms with van der Waals surface area (Å²) in [5.74, 6) is -12.8. The van der Waals surface area contributed by atoms with Gasteiger partial charge >= 0.3 is 5.97 Å². The molecule has 7 aromatic rings. The first-order valence-electron chi connectivity index (χ1n) is 34.6. The first kappa shape index (κ1) is 78.1. The highest BCUT2D eigenvalue weighted by Crippen LogP contribution is 2.32. The predicted molar refractivity (Wildman–Crippen MR) is 379 cm³/mol. The second-order valence-electron chi connectivity index (χ2n) is 26.6. The van der Waals surface area contributed by atoms with E-state index in [2.05, 4.69) is 73.1 Å². The molecule has 2 bridgehead atoms. The number of carboxylic acids is 1. The van der Waals surface area contributed by atoms with Gasteiger partial charge in [0.15, 0.2) is 0 Å². The van der Waals surface area contributed by atoms with Crippen molar-refractivity contribution >= 4 is 98.7 Å². The first-order valence-corrected chi connectivity index (χ1v) is 34.6. The fraction of sp³-hybridized carbons (Fsp3) is 0.397. The summed E-state index contributed by atoms with van der Waals surface area (Å²) in [5.41, 5.74) is 7.50. The number of fused-ring (bicyclic) bond motifs is 37. The number of primary amides is 1. The number of nitrogens with one attached hydrogen (secondary N) is 13. The lowest BCUT2D eigenvalue weighted by atomic mass is 9.94. The molecule has 12 amide bonds. The van der Waals surface area contributed by atoms with Crippen LogP contribution in [0.2, 0.25) is 0 Å². The number of H-pyrrole nitrogens is 3.